The van der Waals surface area contributed by atoms with Crippen LogP contribution in [-0.4, -0.2) is 37.7 Å². The summed E-state index contributed by atoms with van der Waals surface area (Å²) in [7, 11) is 0. The van der Waals surface area contributed by atoms with E-state index in [0.717, 1.165) is 25.3 Å². The second-order valence-electron chi connectivity index (χ2n) is 5.47. The van der Waals surface area contributed by atoms with Crippen LogP contribution in [0.3, 0.4) is 0 Å². The summed E-state index contributed by atoms with van der Waals surface area (Å²) in [5.74, 6) is 0.0478. The quantitative estimate of drug-likeness (QED) is 0.881. The maximum absolute atomic E-state index is 11.9. The summed E-state index contributed by atoms with van der Waals surface area (Å²) in [4.78, 5) is 13.3. The average Bonchev–Trinajstić information content (AvgIpc) is 2.38. The van der Waals surface area contributed by atoms with Gasteiger partial charge in [-0.3, -0.25) is 4.79 Å². The third-order valence-corrected chi connectivity index (χ3v) is 3.70. The molecule has 5 heteroatoms. The van der Waals surface area contributed by atoms with Gasteiger partial charge in [-0.15, -0.1) is 0 Å². The minimum Gasteiger partial charge on any atom is -0.364 e. The highest BCUT2D eigenvalue weighted by Crippen LogP contribution is 2.13. The Balaban J connectivity index is 1.76. The Bertz CT molecular complexity index is 440. The summed E-state index contributed by atoms with van der Waals surface area (Å²) < 4.78 is 5.70. The average molecular weight is 298 g/mol. The van der Waals surface area contributed by atoms with Crippen LogP contribution in [0.15, 0.2) is 24.3 Å². The zero-order valence-corrected chi connectivity index (χ0v) is 12.7. The normalized spacial score (nSPS) is 26.2. The third kappa shape index (κ3) is 4.78. The number of ether oxygens (including phenoxy) is 1. The number of hydrogen-bond donors (Lipinski definition) is 2. The van der Waals surface area contributed by atoms with Gasteiger partial charge in [0.25, 0.3) is 0 Å². The molecule has 0 radical (unpaired) electrons. The van der Waals surface area contributed by atoms with Gasteiger partial charge in [0.2, 0.25) is 5.91 Å². The van der Waals surface area contributed by atoms with Crippen molar-refractivity contribution in [2.24, 2.45) is 0 Å². The van der Waals surface area contributed by atoms with Crippen molar-refractivity contribution in [3.05, 3.63) is 29.3 Å². The van der Waals surface area contributed by atoms with E-state index in [9.17, 15) is 4.79 Å². The van der Waals surface area contributed by atoms with Crippen molar-refractivity contribution in [3.63, 3.8) is 0 Å². The standard InChI is InChI=1S/C15H21ClN2O2/c1-11-9-18(10-12(2)20-11)8-7-15(19)17-14-5-3-13(16)4-6-14/h3-6,11-12H,7-10H2,1-2H3,(H,17,19)/p+1/t11-,12-/m0/s1. The molecule has 1 aromatic carbocycles. The highest BCUT2D eigenvalue weighted by atomic mass is 35.5. The van der Waals surface area contributed by atoms with Crippen molar-refractivity contribution in [1.82, 2.24) is 0 Å². The molecule has 1 aliphatic rings. The Labute approximate surface area is 125 Å². The smallest absolute Gasteiger partial charge is 0.230 e. The van der Waals surface area contributed by atoms with E-state index in [2.05, 4.69) is 19.2 Å². The lowest BCUT2D eigenvalue weighted by Crippen LogP contribution is -3.15. The van der Waals surface area contributed by atoms with E-state index >= 15 is 0 Å². The number of carbonyl (C=O) groups is 1. The third-order valence-electron chi connectivity index (χ3n) is 3.45. The van der Waals surface area contributed by atoms with E-state index in [0.29, 0.717) is 11.4 Å². The van der Waals surface area contributed by atoms with Crippen LogP contribution in [0.25, 0.3) is 0 Å². The van der Waals surface area contributed by atoms with Crippen molar-refractivity contribution < 1.29 is 14.4 Å². The molecule has 4 nitrogen and oxygen atoms in total. The topological polar surface area (TPSA) is 42.8 Å². The zero-order chi connectivity index (χ0) is 14.5. The largest absolute Gasteiger partial charge is 0.364 e. The first-order valence-corrected chi connectivity index (χ1v) is 7.45. The molecule has 2 atom stereocenters. The van der Waals surface area contributed by atoms with Crippen LogP contribution < -0.4 is 10.2 Å². The SMILES string of the molecule is C[C@H]1C[NH+](CCC(=O)Nc2ccc(Cl)cc2)C[C@H](C)O1. The Hall–Kier alpha value is -1.10. The molecule has 1 heterocycles. The van der Waals surface area contributed by atoms with E-state index < -0.39 is 0 Å². The molecule has 1 fully saturated rings. The monoisotopic (exact) mass is 297 g/mol. The lowest BCUT2D eigenvalue weighted by molar-refractivity contribution is -0.914. The summed E-state index contributed by atoms with van der Waals surface area (Å²) in [5, 5.41) is 3.56. The number of benzene rings is 1. The molecule has 0 spiro atoms. The zero-order valence-electron chi connectivity index (χ0n) is 12.0. The van der Waals surface area contributed by atoms with Gasteiger partial charge in [-0.1, -0.05) is 11.6 Å². The van der Waals surface area contributed by atoms with Gasteiger partial charge in [0.1, 0.15) is 25.3 Å². The molecule has 20 heavy (non-hydrogen) atoms. The number of quaternary nitrogens is 1. The fourth-order valence-corrected chi connectivity index (χ4v) is 2.77. The Morgan fingerprint density at radius 2 is 1.90 bits per heavy atom. The second-order valence-corrected chi connectivity index (χ2v) is 5.91. The Morgan fingerprint density at radius 3 is 2.50 bits per heavy atom. The number of amides is 1. The number of rotatable bonds is 4. The minimum absolute atomic E-state index is 0.0478. The molecule has 0 bridgehead atoms. The molecule has 1 aromatic rings. The molecule has 1 aliphatic heterocycles. The van der Waals surface area contributed by atoms with E-state index in [1.165, 1.54) is 4.90 Å². The Kier molecular flexibility index (Phi) is 5.40. The van der Waals surface area contributed by atoms with Crippen LogP contribution >= 0.6 is 11.6 Å². The van der Waals surface area contributed by atoms with Gasteiger partial charge in [-0.05, 0) is 38.1 Å². The van der Waals surface area contributed by atoms with E-state index in [1.54, 1.807) is 12.1 Å². The predicted octanol–water partition coefficient (Wildman–Crippen LogP) is 1.36. The molecular formula is C15H22ClN2O2+. The molecule has 1 saturated heterocycles. The second kappa shape index (κ2) is 7.07. The van der Waals surface area contributed by atoms with Gasteiger partial charge in [0.15, 0.2) is 0 Å². The van der Waals surface area contributed by atoms with Crippen LogP contribution in [0.5, 0.6) is 0 Å². The number of nitrogens with one attached hydrogen (secondary N) is 2. The van der Waals surface area contributed by atoms with Crippen molar-refractivity contribution in [1.29, 1.82) is 0 Å². The van der Waals surface area contributed by atoms with Crippen LogP contribution in [0, 0.1) is 0 Å². The number of morpholine rings is 1. The number of carbonyl (C=O) groups excluding carboxylic acids is 1. The number of hydrogen-bond acceptors (Lipinski definition) is 2. The van der Waals surface area contributed by atoms with Crippen LogP contribution in [0.1, 0.15) is 20.3 Å². The predicted molar refractivity (Wildman–Crippen MR) is 80.3 cm³/mol. The van der Waals surface area contributed by atoms with Crippen molar-refractivity contribution in [2.75, 3.05) is 25.0 Å². The van der Waals surface area contributed by atoms with Gasteiger partial charge in [0.05, 0.1) is 13.0 Å². The van der Waals surface area contributed by atoms with E-state index in [1.807, 2.05) is 12.1 Å². The molecule has 0 aliphatic carbocycles. The van der Waals surface area contributed by atoms with Gasteiger partial charge in [-0.2, -0.15) is 0 Å². The van der Waals surface area contributed by atoms with Crippen molar-refractivity contribution in [3.8, 4) is 0 Å². The first-order valence-electron chi connectivity index (χ1n) is 7.07. The van der Waals surface area contributed by atoms with E-state index in [-0.39, 0.29) is 18.1 Å². The summed E-state index contributed by atoms with van der Waals surface area (Å²) in [5.41, 5.74) is 0.790. The molecule has 110 valence electrons. The fourth-order valence-electron chi connectivity index (χ4n) is 2.64. The van der Waals surface area contributed by atoms with Crippen LogP contribution in [-0.2, 0) is 9.53 Å². The summed E-state index contributed by atoms with van der Waals surface area (Å²) in [6, 6.07) is 7.17. The minimum atomic E-state index is 0.0478. The van der Waals surface area contributed by atoms with Gasteiger partial charge < -0.3 is 15.0 Å². The first-order chi connectivity index (χ1) is 9.52. The summed E-state index contributed by atoms with van der Waals surface area (Å²) in [6.07, 6.45) is 1.07. The molecule has 1 amide bonds. The first kappa shape index (κ1) is 15.3. The highest BCUT2D eigenvalue weighted by molar-refractivity contribution is 6.30. The maximum atomic E-state index is 11.9. The van der Waals surface area contributed by atoms with Crippen LogP contribution in [0.4, 0.5) is 5.69 Å². The summed E-state index contributed by atoms with van der Waals surface area (Å²) >= 11 is 5.81. The molecule has 0 aromatic heterocycles. The molecule has 0 unspecified atom stereocenters. The van der Waals surface area contributed by atoms with Crippen LogP contribution in [0.2, 0.25) is 5.02 Å². The van der Waals surface area contributed by atoms with Crippen molar-refractivity contribution >= 4 is 23.2 Å². The Morgan fingerprint density at radius 1 is 1.30 bits per heavy atom. The molecule has 2 N–H and O–H groups in total. The van der Waals surface area contributed by atoms with Gasteiger partial charge >= 0.3 is 0 Å². The lowest BCUT2D eigenvalue weighted by atomic mass is 10.2. The summed E-state index contributed by atoms with van der Waals surface area (Å²) in [6.45, 7) is 6.96. The van der Waals surface area contributed by atoms with E-state index in [4.69, 9.17) is 16.3 Å². The lowest BCUT2D eigenvalue weighted by Gasteiger charge is -2.32. The molecule has 2 rings (SSSR count). The number of anilines is 1. The highest BCUT2D eigenvalue weighted by Gasteiger charge is 2.25. The van der Waals surface area contributed by atoms with Crippen molar-refractivity contribution in [2.45, 2.75) is 32.5 Å². The maximum Gasteiger partial charge on any atom is 0.230 e. The van der Waals surface area contributed by atoms with Gasteiger partial charge in [-0.25, -0.2) is 0 Å². The fraction of sp³-hybridized carbons (Fsp3) is 0.533. The molecular weight excluding hydrogens is 276 g/mol. The van der Waals surface area contributed by atoms with Gasteiger partial charge in [0, 0.05) is 10.7 Å². The molecule has 0 saturated carbocycles. The number of halogens is 1.